The number of piperazine rings is 1. The number of sulfonamides is 1. The van der Waals surface area contributed by atoms with E-state index >= 15 is 0 Å². The molecule has 3 heterocycles. The molecule has 9 heteroatoms. The molecule has 0 saturated carbocycles. The quantitative estimate of drug-likeness (QED) is 0.574. The molecule has 0 bridgehead atoms. The first-order valence-electron chi connectivity index (χ1n) is 9.57. The van der Waals surface area contributed by atoms with Crippen LogP contribution in [0.1, 0.15) is 6.92 Å². The maximum Gasteiger partial charge on any atom is 0.243 e. The molecule has 7 nitrogen and oxygen atoms in total. The third-order valence-electron chi connectivity index (χ3n) is 4.91. The SMILES string of the molecule is CCOc1ccc(S(=O)(=O)N2CCN(Cn3ccc(-c4ccsc4)n3)CC2)cc1. The van der Waals surface area contributed by atoms with Gasteiger partial charge in [-0.15, -0.1) is 0 Å². The average molecular weight is 433 g/mol. The molecule has 1 aliphatic rings. The maximum absolute atomic E-state index is 12.9. The lowest BCUT2D eigenvalue weighted by molar-refractivity contribution is 0.146. The smallest absolute Gasteiger partial charge is 0.243 e. The molecule has 0 unspecified atom stereocenters. The van der Waals surface area contributed by atoms with Crippen LogP contribution in [0.5, 0.6) is 5.75 Å². The van der Waals surface area contributed by atoms with Gasteiger partial charge >= 0.3 is 0 Å². The summed E-state index contributed by atoms with van der Waals surface area (Å²) in [5.74, 6) is 0.678. The topological polar surface area (TPSA) is 67.7 Å². The fraction of sp³-hybridized carbons (Fsp3) is 0.350. The second-order valence-electron chi connectivity index (χ2n) is 6.82. The number of rotatable bonds is 7. The van der Waals surface area contributed by atoms with E-state index in [0.29, 0.717) is 50.1 Å². The lowest BCUT2D eigenvalue weighted by atomic mass is 10.2. The zero-order valence-corrected chi connectivity index (χ0v) is 17.9. The van der Waals surface area contributed by atoms with Gasteiger partial charge in [0, 0.05) is 43.3 Å². The van der Waals surface area contributed by atoms with E-state index in [-0.39, 0.29) is 0 Å². The first kappa shape index (κ1) is 20.1. The second kappa shape index (κ2) is 8.66. The fourth-order valence-electron chi connectivity index (χ4n) is 3.34. The minimum absolute atomic E-state index is 0.307. The van der Waals surface area contributed by atoms with Crippen LogP contribution in [0.25, 0.3) is 11.3 Å². The molecule has 3 aromatic rings. The molecule has 0 spiro atoms. The Balaban J connectivity index is 1.35. The van der Waals surface area contributed by atoms with Gasteiger partial charge in [-0.3, -0.25) is 9.58 Å². The van der Waals surface area contributed by atoms with Crippen molar-refractivity contribution in [3.8, 4) is 17.0 Å². The highest BCUT2D eigenvalue weighted by atomic mass is 32.2. The van der Waals surface area contributed by atoms with E-state index in [9.17, 15) is 8.42 Å². The van der Waals surface area contributed by atoms with Gasteiger partial charge in [-0.2, -0.15) is 20.7 Å². The van der Waals surface area contributed by atoms with E-state index < -0.39 is 10.0 Å². The standard InChI is InChI=1S/C20H24N4O3S2/c1-2-27-18-3-5-19(6-4-18)29(25,26)24-12-10-22(11-13-24)16-23-9-7-20(21-23)17-8-14-28-15-17/h3-9,14-15H,2,10-13,16H2,1H3. The molecule has 2 aromatic heterocycles. The van der Waals surface area contributed by atoms with Crippen LogP contribution in [0.2, 0.25) is 0 Å². The maximum atomic E-state index is 12.9. The van der Waals surface area contributed by atoms with E-state index in [1.54, 1.807) is 39.9 Å². The molecule has 1 saturated heterocycles. The van der Waals surface area contributed by atoms with Gasteiger partial charge in [-0.05, 0) is 48.7 Å². The van der Waals surface area contributed by atoms with Crippen LogP contribution in [-0.2, 0) is 16.7 Å². The number of aromatic nitrogens is 2. The Hall–Kier alpha value is -2.20. The van der Waals surface area contributed by atoms with Gasteiger partial charge in [0.25, 0.3) is 0 Å². The molecular formula is C20H24N4O3S2. The van der Waals surface area contributed by atoms with Crippen molar-refractivity contribution in [3.05, 3.63) is 53.4 Å². The Morgan fingerprint density at radius 2 is 1.83 bits per heavy atom. The minimum atomic E-state index is -3.49. The molecule has 1 aliphatic heterocycles. The number of nitrogens with zero attached hydrogens (tertiary/aromatic N) is 4. The average Bonchev–Trinajstić information content (AvgIpc) is 3.41. The molecule has 4 rings (SSSR count). The van der Waals surface area contributed by atoms with E-state index in [0.717, 1.165) is 11.3 Å². The summed E-state index contributed by atoms with van der Waals surface area (Å²) >= 11 is 1.65. The van der Waals surface area contributed by atoms with Crippen LogP contribution < -0.4 is 4.74 Å². The van der Waals surface area contributed by atoms with E-state index in [1.807, 2.05) is 29.2 Å². The van der Waals surface area contributed by atoms with Crippen LogP contribution in [0.4, 0.5) is 0 Å². The largest absolute Gasteiger partial charge is 0.494 e. The van der Waals surface area contributed by atoms with Crippen molar-refractivity contribution in [2.24, 2.45) is 0 Å². The summed E-state index contributed by atoms with van der Waals surface area (Å²) in [6.45, 7) is 5.38. The van der Waals surface area contributed by atoms with Crippen molar-refractivity contribution < 1.29 is 13.2 Å². The van der Waals surface area contributed by atoms with Gasteiger partial charge < -0.3 is 4.74 Å². The normalized spacial score (nSPS) is 16.2. The van der Waals surface area contributed by atoms with Gasteiger partial charge in [0.2, 0.25) is 10.0 Å². The molecule has 1 fully saturated rings. The molecule has 0 amide bonds. The van der Waals surface area contributed by atoms with Crippen molar-refractivity contribution in [2.45, 2.75) is 18.5 Å². The van der Waals surface area contributed by atoms with Crippen molar-refractivity contribution in [2.75, 3.05) is 32.8 Å². The van der Waals surface area contributed by atoms with Crippen LogP contribution in [0.3, 0.4) is 0 Å². The van der Waals surface area contributed by atoms with Crippen LogP contribution in [0, 0.1) is 0 Å². The summed E-state index contributed by atoms with van der Waals surface area (Å²) in [7, 11) is -3.49. The van der Waals surface area contributed by atoms with Crippen LogP contribution in [-0.4, -0.2) is 60.2 Å². The molecule has 0 atom stereocenters. The zero-order chi connectivity index (χ0) is 20.3. The lowest BCUT2D eigenvalue weighted by Gasteiger charge is -2.33. The number of hydrogen-bond acceptors (Lipinski definition) is 6. The number of thiophene rings is 1. The predicted molar refractivity (Wildman–Crippen MR) is 113 cm³/mol. The van der Waals surface area contributed by atoms with Crippen LogP contribution in [0.15, 0.2) is 58.3 Å². The molecule has 0 N–H and O–H groups in total. The van der Waals surface area contributed by atoms with E-state index in [4.69, 9.17) is 4.74 Å². The number of hydrogen-bond donors (Lipinski definition) is 0. The van der Waals surface area contributed by atoms with E-state index in [1.165, 1.54) is 0 Å². The van der Waals surface area contributed by atoms with Gasteiger partial charge in [-0.25, -0.2) is 8.42 Å². The van der Waals surface area contributed by atoms with Crippen molar-refractivity contribution in [1.82, 2.24) is 19.0 Å². The van der Waals surface area contributed by atoms with Gasteiger partial charge in [0.1, 0.15) is 5.75 Å². The molecule has 0 aliphatic carbocycles. The van der Waals surface area contributed by atoms with Crippen molar-refractivity contribution in [1.29, 1.82) is 0 Å². The molecule has 29 heavy (non-hydrogen) atoms. The van der Waals surface area contributed by atoms with E-state index in [2.05, 4.69) is 21.4 Å². The predicted octanol–water partition coefficient (Wildman–Crippen LogP) is 2.97. The van der Waals surface area contributed by atoms with Crippen molar-refractivity contribution in [3.63, 3.8) is 0 Å². The zero-order valence-electron chi connectivity index (χ0n) is 16.3. The fourth-order valence-corrected chi connectivity index (χ4v) is 5.42. The third kappa shape index (κ3) is 4.53. The highest BCUT2D eigenvalue weighted by Gasteiger charge is 2.28. The molecule has 0 radical (unpaired) electrons. The molecular weight excluding hydrogens is 408 g/mol. The Bertz CT molecular complexity index is 1020. The van der Waals surface area contributed by atoms with Gasteiger partial charge in [0.05, 0.1) is 23.9 Å². The molecule has 154 valence electrons. The van der Waals surface area contributed by atoms with Gasteiger partial charge in [-0.1, -0.05) is 0 Å². The monoisotopic (exact) mass is 432 g/mol. The Morgan fingerprint density at radius 3 is 2.48 bits per heavy atom. The third-order valence-corrected chi connectivity index (χ3v) is 7.50. The Morgan fingerprint density at radius 1 is 1.07 bits per heavy atom. The summed E-state index contributed by atoms with van der Waals surface area (Å²) in [5.41, 5.74) is 2.09. The summed E-state index contributed by atoms with van der Waals surface area (Å²) in [6.07, 6.45) is 1.97. The minimum Gasteiger partial charge on any atom is -0.494 e. The number of benzene rings is 1. The summed E-state index contributed by atoms with van der Waals surface area (Å²) in [6, 6.07) is 10.7. The Kier molecular flexibility index (Phi) is 6.00. The highest BCUT2D eigenvalue weighted by molar-refractivity contribution is 7.89. The summed E-state index contributed by atoms with van der Waals surface area (Å²) in [4.78, 5) is 2.52. The first-order valence-corrected chi connectivity index (χ1v) is 12.0. The second-order valence-corrected chi connectivity index (χ2v) is 9.54. The van der Waals surface area contributed by atoms with Crippen LogP contribution >= 0.6 is 11.3 Å². The Labute approximate surface area is 175 Å². The molecule has 1 aromatic carbocycles. The van der Waals surface area contributed by atoms with Crippen molar-refractivity contribution >= 4 is 21.4 Å². The lowest BCUT2D eigenvalue weighted by Crippen LogP contribution is -2.48. The summed E-state index contributed by atoms with van der Waals surface area (Å²) < 4.78 is 34.7. The van der Waals surface area contributed by atoms with Gasteiger partial charge in [0.15, 0.2) is 0 Å². The highest BCUT2D eigenvalue weighted by Crippen LogP contribution is 2.22. The summed E-state index contributed by atoms with van der Waals surface area (Å²) in [5, 5.41) is 8.74. The first-order chi connectivity index (χ1) is 14.1. The number of ether oxygens (including phenoxy) is 1.